The zero-order valence-electron chi connectivity index (χ0n) is 13.6. The summed E-state index contributed by atoms with van der Waals surface area (Å²) in [5, 5.41) is 12.7. The highest BCUT2D eigenvalue weighted by atomic mass is 19.1. The highest BCUT2D eigenvalue weighted by Crippen LogP contribution is 2.13. The van der Waals surface area contributed by atoms with Gasteiger partial charge in [-0.15, -0.1) is 0 Å². The first kappa shape index (κ1) is 17.9. The highest BCUT2D eigenvalue weighted by molar-refractivity contribution is 5.78. The molecule has 2 aromatic carbocycles. The van der Waals surface area contributed by atoms with Crippen LogP contribution in [0.3, 0.4) is 0 Å². The van der Waals surface area contributed by atoms with Gasteiger partial charge in [0.05, 0.1) is 12.7 Å². The van der Waals surface area contributed by atoms with Gasteiger partial charge in [-0.3, -0.25) is 4.79 Å². The van der Waals surface area contributed by atoms with Crippen LogP contribution in [0.25, 0.3) is 0 Å². The predicted molar refractivity (Wildman–Crippen MR) is 90.1 cm³/mol. The van der Waals surface area contributed by atoms with Crippen molar-refractivity contribution in [1.82, 2.24) is 5.32 Å². The van der Waals surface area contributed by atoms with Crippen molar-refractivity contribution < 1.29 is 19.0 Å². The molecule has 128 valence electrons. The van der Waals surface area contributed by atoms with E-state index in [9.17, 15) is 14.3 Å². The molecule has 0 heterocycles. The standard InChI is InChI=1S/C19H22FNO3/c1-14(11-12-24-17-5-3-2-4-6-17)19(23)21-13-18(22)15-7-9-16(20)10-8-15/h2-10,14,18,22H,11-13H2,1H3,(H,21,23). The van der Waals surface area contributed by atoms with E-state index in [4.69, 9.17) is 4.74 Å². The fourth-order valence-electron chi connectivity index (χ4n) is 2.18. The van der Waals surface area contributed by atoms with Gasteiger partial charge in [0.1, 0.15) is 11.6 Å². The van der Waals surface area contributed by atoms with Gasteiger partial charge in [0.25, 0.3) is 0 Å². The Morgan fingerprint density at radius 1 is 1.17 bits per heavy atom. The SMILES string of the molecule is CC(CCOc1ccccc1)C(=O)NCC(O)c1ccc(F)cc1. The number of amides is 1. The molecule has 2 atom stereocenters. The lowest BCUT2D eigenvalue weighted by Crippen LogP contribution is -2.33. The van der Waals surface area contributed by atoms with Crippen LogP contribution in [-0.2, 0) is 4.79 Å². The summed E-state index contributed by atoms with van der Waals surface area (Å²) in [5.74, 6) is 0.0424. The van der Waals surface area contributed by atoms with Crippen LogP contribution in [0.4, 0.5) is 4.39 Å². The maximum Gasteiger partial charge on any atom is 0.223 e. The largest absolute Gasteiger partial charge is 0.494 e. The third-order valence-electron chi connectivity index (χ3n) is 3.73. The Bertz CT molecular complexity index is 631. The third kappa shape index (κ3) is 5.66. The molecule has 2 N–H and O–H groups in total. The first-order valence-electron chi connectivity index (χ1n) is 7.95. The number of ether oxygens (including phenoxy) is 1. The third-order valence-corrected chi connectivity index (χ3v) is 3.73. The number of nitrogens with one attached hydrogen (secondary N) is 1. The second kappa shape index (κ2) is 9.03. The predicted octanol–water partition coefficient (Wildman–Crippen LogP) is 3.08. The van der Waals surface area contributed by atoms with E-state index in [0.717, 1.165) is 5.75 Å². The second-order valence-electron chi connectivity index (χ2n) is 5.66. The Morgan fingerprint density at radius 3 is 2.50 bits per heavy atom. The summed E-state index contributed by atoms with van der Waals surface area (Å²) in [5.41, 5.74) is 0.566. The van der Waals surface area contributed by atoms with E-state index in [0.29, 0.717) is 18.6 Å². The summed E-state index contributed by atoms with van der Waals surface area (Å²) in [6.07, 6.45) is -0.282. The molecule has 5 heteroatoms. The van der Waals surface area contributed by atoms with E-state index in [1.807, 2.05) is 37.3 Å². The summed E-state index contributed by atoms with van der Waals surface area (Å²) < 4.78 is 18.4. The zero-order valence-corrected chi connectivity index (χ0v) is 13.6. The minimum atomic E-state index is -0.859. The molecule has 2 unspecified atom stereocenters. The van der Waals surface area contributed by atoms with E-state index >= 15 is 0 Å². The Morgan fingerprint density at radius 2 is 1.83 bits per heavy atom. The first-order valence-corrected chi connectivity index (χ1v) is 7.95. The van der Waals surface area contributed by atoms with Gasteiger partial charge < -0.3 is 15.2 Å². The number of halogens is 1. The van der Waals surface area contributed by atoms with Crippen LogP contribution in [0, 0.1) is 11.7 Å². The normalized spacial score (nSPS) is 13.1. The van der Waals surface area contributed by atoms with Crippen LogP contribution in [0.1, 0.15) is 25.0 Å². The van der Waals surface area contributed by atoms with Gasteiger partial charge in [-0.25, -0.2) is 4.39 Å². The van der Waals surface area contributed by atoms with Gasteiger partial charge in [-0.1, -0.05) is 37.3 Å². The Labute approximate surface area is 141 Å². The minimum absolute atomic E-state index is 0.0916. The Hall–Kier alpha value is -2.40. The summed E-state index contributed by atoms with van der Waals surface area (Å²) >= 11 is 0. The molecule has 1 amide bonds. The van der Waals surface area contributed by atoms with E-state index in [2.05, 4.69) is 5.32 Å². The number of benzene rings is 2. The van der Waals surface area contributed by atoms with Gasteiger partial charge in [0.15, 0.2) is 0 Å². The van der Waals surface area contributed by atoms with E-state index in [-0.39, 0.29) is 24.2 Å². The van der Waals surface area contributed by atoms with Crippen LogP contribution in [0.15, 0.2) is 54.6 Å². The lowest BCUT2D eigenvalue weighted by atomic mass is 10.1. The molecule has 0 bridgehead atoms. The van der Waals surface area contributed by atoms with Crippen molar-refractivity contribution in [3.05, 3.63) is 66.0 Å². The van der Waals surface area contributed by atoms with Crippen molar-refractivity contribution >= 4 is 5.91 Å². The van der Waals surface area contributed by atoms with Crippen molar-refractivity contribution in [3.63, 3.8) is 0 Å². The Balaban J connectivity index is 1.70. The fraction of sp³-hybridized carbons (Fsp3) is 0.316. The minimum Gasteiger partial charge on any atom is -0.494 e. The number of carbonyl (C=O) groups is 1. The van der Waals surface area contributed by atoms with E-state index in [1.165, 1.54) is 24.3 Å². The second-order valence-corrected chi connectivity index (χ2v) is 5.66. The molecule has 0 aliphatic rings. The van der Waals surface area contributed by atoms with Gasteiger partial charge in [-0.05, 0) is 36.2 Å². The number of aliphatic hydroxyl groups excluding tert-OH is 1. The monoisotopic (exact) mass is 331 g/mol. The number of hydrogen-bond donors (Lipinski definition) is 2. The molecule has 0 fully saturated rings. The van der Waals surface area contributed by atoms with Gasteiger partial charge in [0.2, 0.25) is 5.91 Å². The van der Waals surface area contributed by atoms with Crippen LogP contribution >= 0.6 is 0 Å². The average molecular weight is 331 g/mol. The molecule has 0 saturated heterocycles. The van der Waals surface area contributed by atoms with Gasteiger partial charge in [-0.2, -0.15) is 0 Å². The maximum atomic E-state index is 12.8. The molecule has 24 heavy (non-hydrogen) atoms. The average Bonchev–Trinajstić information content (AvgIpc) is 2.60. The number of hydrogen-bond acceptors (Lipinski definition) is 3. The lowest BCUT2D eigenvalue weighted by Gasteiger charge is -2.16. The molecule has 0 spiro atoms. The first-order chi connectivity index (χ1) is 11.6. The van der Waals surface area contributed by atoms with Gasteiger partial charge >= 0.3 is 0 Å². The molecule has 0 aliphatic heterocycles. The highest BCUT2D eigenvalue weighted by Gasteiger charge is 2.15. The number of para-hydroxylation sites is 1. The summed E-state index contributed by atoms with van der Waals surface area (Å²) in [4.78, 5) is 12.0. The summed E-state index contributed by atoms with van der Waals surface area (Å²) in [7, 11) is 0. The molecule has 2 aromatic rings. The van der Waals surface area contributed by atoms with Crippen LogP contribution in [0.5, 0.6) is 5.75 Å². The van der Waals surface area contributed by atoms with Crippen molar-refractivity contribution in [3.8, 4) is 5.75 Å². The van der Waals surface area contributed by atoms with Crippen molar-refractivity contribution in [1.29, 1.82) is 0 Å². The smallest absolute Gasteiger partial charge is 0.223 e. The quantitative estimate of drug-likeness (QED) is 0.781. The van der Waals surface area contributed by atoms with Crippen LogP contribution in [-0.4, -0.2) is 24.2 Å². The van der Waals surface area contributed by atoms with Gasteiger partial charge in [0, 0.05) is 12.5 Å². The summed E-state index contributed by atoms with van der Waals surface area (Å²) in [6.45, 7) is 2.35. The van der Waals surface area contributed by atoms with Crippen molar-refractivity contribution in [2.75, 3.05) is 13.2 Å². The van der Waals surface area contributed by atoms with E-state index in [1.54, 1.807) is 0 Å². The van der Waals surface area contributed by atoms with Crippen LogP contribution < -0.4 is 10.1 Å². The topological polar surface area (TPSA) is 58.6 Å². The molecule has 0 saturated carbocycles. The maximum absolute atomic E-state index is 12.8. The molecular formula is C19H22FNO3. The molecular weight excluding hydrogens is 309 g/mol. The van der Waals surface area contributed by atoms with E-state index < -0.39 is 6.10 Å². The van der Waals surface area contributed by atoms with Crippen molar-refractivity contribution in [2.45, 2.75) is 19.4 Å². The molecule has 0 aliphatic carbocycles. The van der Waals surface area contributed by atoms with Crippen molar-refractivity contribution in [2.24, 2.45) is 5.92 Å². The molecule has 0 radical (unpaired) electrons. The summed E-state index contributed by atoms with van der Waals surface area (Å²) in [6, 6.07) is 15.0. The number of carbonyl (C=O) groups excluding carboxylic acids is 1. The number of aliphatic hydroxyl groups is 1. The number of rotatable bonds is 8. The van der Waals surface area contributed by atoms with Crippen LogP contribution in [0.2, 0.25) is 0 Å². The molecule has 0 aromatic heterocycles. The lowest BCUT2D eigenvalue weighted by molar-refractivity contribution is -0.125. The molecule has 2 rings (SSSR count). The molecule has 4 nitrogen and oxygen atoms in total. The fourth-order valence-corrected chi connectivity index (χ4v) is 2.18. The zero-order chi connectivity index (χ0) is 17.4. The Kier molecular flexibility index (Phi) is 6.75.